The van der Waals surface area contributed by atoms with Crippen molar-refractivity contribution in [2.45, 2.75) is 20.3 Å². The summed E-state index contributed by atoms with van der Waals surface area (Å²) in [6.07, 6.45) is 4.17. The van der Waals surface area contributed by atoms with Gasteiger partial charge in [0, 0.05) is 29.2 Å². The number of carbonyl (C=O) groups is 1. The summed E-state index contributed by atoms with van der Waals surface area (Å²) in [6.45, 7) is 3.65. The molecule has 0 aliphatic heterocycles. The van der Waals surface area contributed by atoms with Crippen molar-refractivity contribution in [3.8, 4) is 11.3 Å². The highest BCUT2D eigenvalue weighted by Crippen LogP contribution is 2.23. The molecule has 0 aliphatic rings. The van der Waals surface area contributed by atoms with Gasteiger partial charge in [0.2, 0.25) is 5.91 Å². The zero-order valence-electron chi connectivity index (χ0n) is 14.6. The molecule has 1 amide bonds. The average molecular weight is 346 g/mol. The molecule has 0 saturated carbocycles. The summed E-state index contributed by atoms with van der Waals surface area (Å²) in [7, 11) is 0. The fourth-order valence-corrected chi connectivity index (χ4v) is 2.95. The van der Waals surface area contributed by atoms with Gasteiger partial charge in [0.05, 0.1) is 17.8 Å². The molecule has 1 N–H and O–H groups in total. The molecule has 0 unspecified atom stereocenters. The standard InChI is InChI=1S/C20H18N4O2/c1-13-17(14(2)26-23-13)11-20(25)21-16-7-5-6-15(10-16)18-12-24-9-4-3-8-19(24)22-18/h3-10,12H,11H2,1-2H3,(H,21,25). The van der Waals surface area contributed by atoms with Gasteiger partial charge in [0.25, 0.3) is 0 Å². The van der Waals surface area contributed by atoms with E-state index in [4.69, 9.17) is 4.52 Å². The van der Waals surface area contributed by atoms with Crippen molar-refractivity contribution in [1.29, 1.82) is 0 Å². The second kappa shape index (κ2) is 6.48. The third kappa shape index (κ3) is 3.09. The smallest absolute Gasteiger partial charge is 0.228 e. The highest BCUT2D eigenvalue weighted by molar-refractivity contribution is 5.93. The van der Waals surface area contributed by atoms with E-state index < -0.39 is 0 Å². The number of nitrogens with one attached hydrogen (secondary N) is 1. The lowest BCUT2D eigenvalue weighted by atomic mass is 10.1. The summed E-state index contributed by atoms with van der Waals surface area (Å²) in [5, 5.41) is 6.82. The molecule has 0 bridgehead atoms. The van der Waals surface area contributed by atoms with Crippen LogP contribution in [-0.4, -0.2) is 20.4 Å². The van der Waals surface area contributed by atoms with Crippen molar-refractivity contribution >= 4 is 17.2 Å². The van der Waals surface area contributed by atoms with Gasteiger partial charge in [-0.3, -0.25) is 4.79 Å². The summed E-state index contributed by atoms with van der Waals surface area (Å²) in [4.78, 5) is 17.0. The van der Waals surface area contributed by atoms with E-state index in [9.17, 15) is 4.79 Å². The zero-order chi connectivity index (χ0) is 18.1. The van der Waals surface area contributed by atoms with Crippen molar-refractivity contribution in [3.63, 3.8) is 0 Å². The van der Waals surface area contributed by atoms with E-state index in [0.717, 1.165) is 33.8 Å². The van der Waals surface area contributed by atoms with Gasteiger partial charge in [-0.15, -0.1) is 0 Å². The number of imidazole rings is 1. The lowest BCUT2D eigenvalue weighted by Gasteiger charge is -2.06. The fourth-order valence-electron chi connectivity index (χ4n) is 2.95. The summed E-state index contributed by atoms with van der Waals surface area (Å²) < 4.78 is 7.08. The molecule has 0 fully saturated rings. The summed E-state index contributed by atoms with van der Waals surface area (Å²) in [6, 6.07) is 13.5. The number of fused-ring (bicyclic) bond motifs is 1. The first-order valence-corrected chi connectivity index (χ1v) is 8.36. The molecule has 0 saturated heterocycles. The number of hydrogen-bond donors (Lipinski definition) is 1. The van der Waals surface area contributed by atoms with Gasteiger partial charge in [-0.1, -0.05) is 23.4 Å². The van der Waals surface area contributed by atoms with Crippen LogP contribution in [0.15, 0.2) is 59.4 Å². The maximum atomic E-state index is 12.4. The lowest BCUT2D eigenvalue weighted by Crippen LogP contribution is -2.15. The lowest BCUT2D eigenvalue weighted by molar-refractivity contribution is -0.115. The third-order valence-electron chi connectivity index (χ3n) is 4.32. The Kier molecular flexibility index (Phi) is 4.01. The molecular weight excluding hydrogens is 328 g/mol. The number of pyridine rings is 1. The molecule has 1 aromatic carbocycles. The molecule has 0 aliphatic carbocycles. The van der Waals surface area contributed by atoms with E-state index in [-0.39, 0.29) is 12.3 Å². The van der Waals surface area contributed by atoms with E-state index in [1.165, 1.54) is 0 Å². The molecule has 3 heterocycles. The van der Waals surface area contributed by atoms with Crippen LogP contribution in [0.3, 0.4) is 0 Å². The molecule has 3 aromatic heterocycles. The van der Waals surface area contributed by atoms with Gasteiger partial charge in [-0.05, 0) is 38.1 Å². The number of aromatic nitrogens is 3. The van der Waals surface area contributed by atoms with Crippen LogP contribution in [-0.2, 0) is 11.2 Å². The van der Waals surface area contributed by atoms with E-state index >= 15 is 0 Å². The van der Waals surface area contributed by atoms with Crippen molar-refractivity contribution in [2.75, 3.05) is 5.32 Å². The van der Waals surface area contributed by atoms with Gasteiger partial charge in [0.15, 0.2) is 0 Å². The molecule has 4 rings (SSSR count). The number of benzene rings is 1. The van der Waals surface area contributed by atoms with Crippen molar-refractivity contribution in [3.05, 3.63) is 71.9 Å². The number of aryl methyl sites for hydroxylation is 2. The molecule has 6 nitrogen and oxygen atoms in total. The summed E-state index contributed by atoms with van der Waals surface area (Å²) in [5.41, 5.74) is 5.00. The molecule has 4 aromatic rings. The minimum atomic E-state index is -0.105. The van der Waals surface area contributed by atoms with Crippen LogP contribution in [0.25, 0.3) is 16.9 Å². The Bertz CT molecular complexity index is 1040. The first-order valence-electron chi connectivity index (χ1n) is 8.36. The Morgan fingerprint density at radius 2 is 2.08 bits per heavy atom. The van der Waals surface area contributed by atoms with E-state index in [1.54, 1.807) is 0 Å². The topological polar surface area (TPSA) is 72.4 Å². The minimum Gasteiger partial charge on any atom is -0.361 e. The number of hydrogen-bond acceptors (Lipinski definition) is 4. The van der Waals surface area contributed by atoms with Gasteiger partial charge >= 0.3 is 0 Å². The molecule has 0 spiro atoms. The van der Waals surface area contributed by atoms with Crippen LogP contribution >= 0.6 is 0 Å². The highest BCUT2D eigenvalue weighted by Gasteiger charge is 2.14. The maximum Gasteiger partial charge on any atom is 0.228 e. The molecule has 6 heteroatoms. The van der Waals surface area contributed by atoms with Crippen LogP contribution in [0.5, 0.6) is 0 Å². The largest absolute Gasteiger partial charge is 0.361 e. The summed E-state index contributed by atoms with van der Waals surface area (Å²) >= 11 is 0. The first kappa shape index (κ1) is 16.1. The van der Waals surface area contributed by atoms with E-state index in [1.807, 2.05) is 73.1 Å². The minimum absolute atomic E-state index is 0.105. The van der Waals surface area contributed by atoms with Crippen molar-refractivity contribution in [2.24, 2.45) is 0 Å². The van der Waals surface area contributed by atoms with Crippen LogP contribution in [0.1, 0.15) is 17.0 Å². The molecule has 130 valence electrons. The monoisotopic (exact) mass is 346 g/mol. The van der Waals surface area contributed by atoms with E-state index in [0.29, 0.717) is 5.76 Å². The highest BCUT2D eigenvalue weighted by atomic mass is 16.5. The number of carbonyl (C=O) groups excluding carboxylic acids is 1. The molecule has 0 radical (unpaired) electrons. The molecule has 26 heavy (non-hydrogen) atoms. The van der Waals surface area contributed by atoms with Gasteiger partial charge in [0.1, 0.15) is 11.4 Å². The number of amides is 1. The Balaban J connectivity index is 1.55. The van der Waals surface area contributed by atoms with Gasteiger partial charge in [-0.25, -0.2) is 4.98 Å². The quantitative estimate of drug-likeness (QED) is 0.610. The Morgan fingerprint density at radius 1 is 1.19 bits per heavy atom. The average Bonchev–Trinajstić information content (AvgIpc) is 3.20. The van der Waals surface area contributed by atoms with Gasteiger partial charge < -0.3 is 14.2 Å². The predicted octanol–water partition coefficient (Wildman–Crippen LogP) is 3.79. The van der Waals surface area contributed by atoms with Crippen molar-refractivity contribution < 1.29 is 9.32 Å². The SMILES string of the molecule is Cc1noc(C)c1CC(=O)Nc1cccc(-c2cn3ccccc3n2)c1. The number of nitrogens with zero attached hydrogens (tertiary/aromatic N) is 3. The van der Waals surface area contributed by atoms with Crippen LogP contribution in [0, 0.1) is 13.8 Å². The number of anilines is 1. The Labute approximate surface area is 150 Å². The fraction of sp³-hybridized carbons (Fsp3) is 0.150. The third-order valence-corrected chi connectivity index (χ3v) is 4.32. The second-order valence-electron chi connectivity index (χ2n) is 6.20. The molecular formula is C20H18N4O2. The first-order chi connectivity index (χ1) is 12.6. The van der Waals surface area contributed by atoms with Gasteiger partial charge in [-0.2, -0.15) is 0 Å². The number of rotatable bonds is 4. The van der Waals surface area contributed by atoms with E-state index in [2.05, 4.69) is 15.5 Å². The molecule has 0 atom stereocenters. The Hall–Kier alpha value is -3.41. The second-order valence-corrected chi connectivity index (χ2v) is 6.20. The van der Waals surface area contributed by atoms with Crippen LogP contribution in [0.4, 0.5) is 5.69 Å². The zero-order valence-corrected chi connectivity index (χ0v) is 14.6. The van der Waals surface area contributed by atoms with Crippen LogP contribution in [0.2, 0.25) is 0 Å². The summed E-state index contributed by atoms with van der Waals surface area (Å²) in [5.74, 6) is 0.572. The Morgan fingerprint density at radius 3 is 2.85 bits per heavy atom. The van der Waals surface area contributed by atoms with Crippen LogP contribution < -0.4 is 5.32 Å². The normalized spacial score (nSPS) is 11.0. The van der Waals surface area contributed by atoms with Crippen molar-refractivity contribution in [1.82, 2.24) is 14.5 Å². The predicted molar refractivity (Wildman–Crippen MR) is 98.9 cm³/mol. The maximum absolute atomic E-state index is 12.4.